The number of aromatic nitrogens is 2. The van der Waals surface area contributed by atoms with Gasteiger partial charge >= 0.3 is 0 Å². The van der Waals surface area contributed by atoms with Gasteiger partial charge in [0.1, 0.15) is 11.9 Å². The van der Waals surface area contributed by atoms with Gasteiger partial charge in [-0.3, -0.25) is 4.79 Å². The lowest BCUT2D eigenvalue weighted by Crippen LogP contribution is -2.26. The Morgan fingerprint density at radius 3 is 2.59 bits per heavy atom. The highest BCUT2D eigenvalue weighted by molar-refractivity contribution is 5.97. The number of anilines is 3. The van der Waals surface area contributed by atoms with E-state index in [2.05, 4.69) is 20.6 Å². The van der Waals surface area contributed by atoms with Gasteiger partial charge in [0.05, 0.1) is 12.1 Å². The van der Waals surface area contributed by atoms with Crippen LogP contribution in [0, 0.1) is 5.21 Å². The number of hydrogen-bond donors (Lipinski definition) is 3. The maximum absolute atomic E-state index is 12.9. The van der Waals surface area contributed by atoms with Crippen molar-refractivity contribution in [3.8, 4) is 0 Å². The van der Waals surface area contributed by atoms with Gasteiger partial charge < -0.3 is 26.2 Å². The number of carbonyl (C=O) groups is 1. The molecule has 1 aromatic heterocycles. The number of nitrogens with one attached hydrogen (secondary N) is 2. The molecule has 2 aliphatic rings. The summed E-state index contributed by atoms with van der Waals surface area (Å²) in [4.78, 5) is 20.5. The van der Waals surface area contributed by atoms with Crippen LogP contribution < -0.4 is 16.4 Å². The van der Waals surface area contributed by atoms with E-state index < -0.39 is 5.91 Å². The van der Waals surface area contributed by atoms with E-state index in [-0.39, 0.29) is 22.3 Å². The normalized spacial score (nSPS) is 23.8. The second-order valence-electron chi connectivity index (χ2n) is 8.49. The molecule has 0 spiro atoms. The Bertz CT molecular complexity index is 1120. The quantitative estimate of drug-likeness (QED) is 0.298. The fourth-order valence-electron chi connectivity index (χ4n) is 4.73. The van der Waals surface area contributed by atoms with Crippen LogP contribution in [0.3, 0.4) is 0 Å². The number of amides is 1. The van der Waals surface area contributed by atoms with Gasteiger partial charge in [-0.1, -0.05) is 42.5 Å². The Morgan fingerprint density at radius 2 is 1.91 bits per heavy atom. The Balaban J connectivity index is 1.30. The Kier molecular flexibility index (Phi) is 5.24. The highest BCUT2D eigenvalue weighted by atomic mass is 16.6. The summed E-state index contributed by atoms with van der Waals surface area (Å²) < 4.78 is -0.0547. The number of carbonyl (C=O) groups excluding carboxylic acids is 1. The van der Waals surface area contributed by atoms with Gasteiger partial charge in [-0.2, -0.15) is 4.98 Å². The first-order valence-corrected chi connectivity index (χ1v) is 10.9. The lowest BCUT2D eigenvalue weighted by molar-refractivity contribution is -0.781. The predicted octanol–water partition coefficient (Wildman–Crippen LogP) is 3.85. The number of piperidine rings is 1. The Labute approximate surface area is 186 Å². The van der Waals surface area contributed by atoms with Crippen molar-refractivity contribution in [1.29, 1.82) is 0 Å². The third-order valence-corrected chi connectivity index (χ3v) is 6.43. The van der Waals surface area contributed by atoms with Crippen LogP contribution >= 0.6 is 0 Å². The van der Waals surface area contributed by atoms with Crippen LogP contribution in [0.15, 0.2) is 60.8 Å². The average Bonchev–Trinajstić information content (AvgIpc) is 3.44. The maximum atomic E-state index is 12.9. The molecule has 5 rings (SSSR count). The minimum Gasteiger partial charge on any atom is -0.632 e. The van der Waals surface area contributed by atoms with E-state index in [4.69, 9.17) is 5.73 Å². The zero-order chi connectivity index (χ0) is 22.1. The topological polar surface area (TPSA) is 116 Å². The van der Waals surface area contributed by atoms with Gasteiger partial charge in [0.25, 0.3) is 5.91 Å². The van der Waals surface area contributed by atoms with Crippen molar-refractivity contribution in [3.63, 3.8) is 0 Å². The van der Waals surface area contributed by atoms with Crippen molar-refractivity contribution in [2.24, 2.45) is 5.73 Å². The molecule has 0 aliphatic carbocycles. The van der Waals surface area contributed by atoms with E-state index >= 15 is 0 Å². The second-order valence-corrected chi connectivity index (χ2v) is 8.49. The minimum absolute atomic E-state index is 0.0547. The first kappa shape index (κ1) is 20.4. The fourth-order valence-corrected chi connectivity index (χ4v) is 4.73. The van der Waals surface area contributed by atoms with Gasteiger partial charge in [-0.25, -0.2) is 4.98 Å². The zero-order valence-corrected chi connectivity index (χ0v) is 17.7. The number of rotatable bonds is 7. The summed E-state index contributed by atoms with van der Waals surface area (Å²) in [5.74, 6) is 0.143. The molecule has 3 atom stereocenters. The van der Waals surface area contributed by atoms with E-state index in [1.165, 1.54) is 6.20 Å². The van der Waals surface area contributed by atoms with E-state index in [1.807, 2.05) is 54.6 Å². The van der Waals surface area contributed by atoms with Crippen LogP contribution in [0.1, 0.15) is 46.8 Å². The minimum atomic E-state index is -0.591. The smallest absolute Gasteiger partial charge is 0.254 e. The highest BCUT2D eigenvalue weighted by Gasteiger charge is 2.61. The van der Waals surface area contributed by atoms with Crippen molar-refractivity contribution < 1.29 is 9.44 Å². The van der Waals surface area contributed by atoms with Crippen LogP contribution in [0.25, 0.3) is 0 Å². The van der Waals surface area contributed by atoms with Crippen molar-refractivity contribution in [2.45, 2.75) is 37.9 Å². The summed E-state index contributed by atoms with van der Waals surface area (Å²) in [6, 6.07) is 18.0. The molecule has 2 aliphatic heterocycles. The first-order chi connectivity index (χ1) is 15.5. The van der Waals surface area contributed by atoms with Crippen LogP contribution in [-0.2, 0) is 6.54 Å². The standard InChI is InChI=1S/C24H26N6O2/c25-22(31)19-15-27-24(29-23(19)26-14-16-6-2-1-3-7-16)28-18-11-9-17(10-12-18)21-20-8-4-5-13-30(20,21)32/h1-3,6-7,9-12,15,20-21H,4-5,8,13-14H2,(H2,25,31)(H2,26,27,28,29). The molecule has 8 heteroatoms. The lowest BCUT2D eigenvalue weighted by atomic mass is 10.1. The Hall–Kier alpha value is -3.49. The Morgan fingerprint density at radius 1 is 1.12 bits per heavy atom. The molecule has 0 bridgehead atoms. The molecule has 2 fully saturated rings. The second kappa shape index (κ2) is 8.22. The van der Waals surface area contributed by atoms with E-state index in [9.17, 15) is 10.0 Å². The van der Waals surface area contributed by atoms with Gasteiger partial charge in [-0.15, -0.1) is 0 Å². The summed E-state index contributed by atoms with van der Waals surface area (Å²) in [5, 5.41) is 19.2. The SMILES string of the molecule is NC(=O)c1cnc(Nc2ccc(C3C4CCCC[N+]43[O-])cc2)nc1NCc1ccccc1. The molecular weight excluding hydrogens is 404 g/mol. The number of hydrogen-bond acceptors (Lipinski definition) is 6. The molecule has 0 radical (unpaired) electrons. The van der Waals surface area contributed by atoms with Crippen molar-refractivity contribution in [1.82, 2.24) is 9.97 Å². The molecule has 32 heavy (non-hydrogen) atoms. The fraction of sp³-hybridized carbons (Fsp3) is 0.292. The van der Waals surface area contributed by atoms with Gasteiger partial charge in [-0.05, 0) is 30.5 Å². The molecule has 0 saturated carbocycles. The molecule has 3 aromatic rings. The molecule has 8 nitrogen and oxygen atoms in total. The number of quaternary nitrogens is 1. The molecular formula is C24H26N6O2. The highest BCUT2D eigenvalue weighted by Crippen LogP contribution is 2.56. The van der Waals surface area contributed by atoms with E-state index in [1.54, 1.807) is 0 Å². The number of fused-ring (bicyclic) bond motifs is 1. The molecule has 2 saturated heterocycles. The lowest BCUT2D eigenvalue weighted by Gasteiger charge is -2.28. The molecule has 1 amide bonds. The van der Waals surface area contributed by atoms with Gasteiger partial charge in [0.2, 0.25) is 5.95 Å². The molecule has 4 N–H and O–H groups in total. The van der Waals surface area contributed by atoms with Crippen molar-refractivity contribution in [2.75, 3.05) is 17.2 Å². The van der Waals surface area contributed by atoms with E-state index in [0.717, 1.165) is 42.6 Å². The molecule has 3 unspecified atom stereocenters. The number of hydroxylamine groups is 3. The summed E-state index contributed by atoms with van der Waals surface area (Å²) in [6.45, 7) is 1.23. The van der Waals surface area contributed by atoms with E-state index in [0.29, 0.717) is 18.3 Å². The molecule has 164 valence electrons. The summed E-state index contributed by atoms with van der Waals surface area (Å²) in [6.07, 6.45) is 4.62. The van der Waals surface area contributed by atoms with Crippen LogP contribution in [0.2, 0.25) is 0 Å². The number of benzene rings is 2. The molecule has 3 heterocycles. The summed E-state index contributed by atoms with van der Waals surface area (Å²) >= 11 is 0. The number of primary amides is 1. The average molecular weight is 431 g/mol. The van der Waals surface area contributed by atoms with Crippen LogP contribution in [0.4, 0.5) is 17.5 Å². The first-order valence-electron chi connectivity index (χ1n) is 10.9. The largest absolute Gasteiger partial charge is 0.632 e. The monoisotopic (exact) mass is 430 g/mol. The summed E-state index contributed by atoms with van der Waals surface area (Å²) in [5.41, 5.74) is 8.68. The summed E-state index contributed by atoms with van der Waals surface area (Å²) in [7, 11) is 0. The van der Waals surface area contributed by atoms with Gasteiger partial charge in [0.15, 0.2) is 6.04 Å². The third kappa shape index (κ3) is 3.90. The molecule has 2 aromatic carbocycles. The van der Waals surface area contributed by atoms with Crippen LogP contribution in [0.5, 0.6) is 0 Å². The zero-order valence-electron chi connectivity index (χ0n) is 17.7. The number of nitrogens with zero attached hydrogens (tertiary/aromatic N) is 3. The van der Waals surface area contributed by atoms with Crippen molar-refractivity contribution in [3.05, 3.63) is 82.7 Å². The number of nitrogens with two attached hydrogens (primary N) is 1. The predicted molar refractivity (Wildman–Crippen MR) is 123 cm³/mol. The van der Waals surface area contributed by atoms with Crippen molar-refractivity contribution >= 4 is 23.4 Å². The third-order valence-electron chi connectivity index (χ3n) is 6.43. The maximum Gasteiger partial charge on any atom is 0.254 e. The van der Waals surface area contributed by atoms with Gasteiger partial charge in [0, 0.05) is 30.4 Å². The van der Waals surface area contributed by atoms with Crippen LogP contribution in [-0.4, -0.2) is 33.1 Å².